The number of nitrogens with one attached hydrogen (secondary N) is 1. The first-order chi connectivity index (χ1) is 6.84. The molecular weight excluding hydrogens is 176 g/mol. The van der Waals surface area contributed by atoms with E-state index in [1.54, 1.807) is 0 Å². The summed E-state index contributed by atoms with van der Waals surface area (Å²) in [6.07, 6.45) is 7.53. The molecule has 1 aliphatic heterocycles. The number of anilines is 1. The average Bonchev–Trinajstić information content (AvgIpc) is 2.23. The van der Waals surface area contributed by atoms with Crippen molar-refractivity contribution in [2.75, 3.05) is 18.5 Å². The van der Waals surface area contributed by atoms with Crippen molar-refractivity contribution in [3.63, 3.8) is 0 Å². The van der Waals surface area contributed by atoms with Crippen molar-refractivity contribution in [2.45, 2.75) is 26.2 Å². The summed E-state index contributed by atoms with van der Waals surface area (Å²) in [4.78, 5) is 8.42. The van der Waals surface area contributed by atoms with Crippen molar-refractivity contribution in [1.29, 1.82) is 0 Å². The molecule has 76 valence electrons. The van der Waals surface area contributed by atoms with Crippen LogP contribution in [0.3, 0.4) is 0 Å². The van der Waals surface area contributed by atoms with E-state index in [-0.39, 0.29) is 0 Å². The van der Waals surface area contributed by atoms with Gasteiger partial charge >= 0.3 is 0 Å². The standard InChI is InChI=1S/C10H16N4/c1-9-7-11-10(12-8-9)13-14-5-3-2-4-6-14/h7-8H,2-6H2,1H3,(H,11,12,13). The molecule has 0 aliphatic carbocycles. The molecule has 2 heterocycles. The molecule has 1 fully saturated rings. The predicted octanol–water partition coefficient (Wildman–Crippen LogP) is 1.60. The Labute approximate surface area is 84.3 Å². The van der Waals surface area contributed by atoms with Crippen LogP contribution >= 0.6 is 0 Å². The summed E-state index contributed by atoms with van der Waals surface area (Å²) >= 11 is 0. The topological polar surface area (TPSA) is 41.1 Å². The zero-order valence-corrected chi connectivity index (χ0v) is 8.53. The first-order valence-electron chi connectivity index (χ1n) is 5.15. The number of aromatic nitrogens is 2. The lowest BCUT2D eigenvalue weighted by Crippen LogP contribution is -2.35. The van der Waals surface area contributed by atoms with Gasteiger partial charge in [0, 0.05) is 25.5 Å². The van der Waals surface area contributed by atoms with Crippen LogP contribution in [0.5, 0.6) is 0 Å². The number of hydrogen-bond acceptors (Lipinski definition) is 4. The summed E-state index contributed by atoms with van der Waals surface area (Å²) in [7, 11) is 0. The normalized spacial score (nSPS) is 18.1. The highest BCUT2D eigenvalue weighted by molar-refractivity contribution is 5.22. The Hall–Kier alpha value is -1.16. The van der Waals surface area contributed by atoms with Gasteiger partial charge in [-0.25, -0.2) is 15.0 Å². The molecule has 2 rings (SSSR count). The minimum Gasteiger partial charge on any atom is -0.287 e. The summed E-state index contributed by atoms with van der Waals surface area (Å²) in [6.45, 7) is 4.18. The highest BCUT2D eigenvalue weighted by Crippen LogP contribution is 2.09. The molecule has 1 aromatic heterocycles. The summed E-state index contributed by atoms with van der Waals surface area (Å²) in [6, 6.07) is 0. The van der Waals surface area contributed by atoms with E-state index < -0.39 is 0 Å². The lowest BCUT2D eigenvalue weighted by molar-refractivity contribution is 0.271. The highest BCUT2D eigenvalue weighted by Gasteiger charge is 2.10. The molecule has 0 unspecified atom stereocenters. The van der Waals surface area contributed by atoms with Crippen LogP contribution in [0.1, 0.15) is 24.8 Å². The van der Waals surface area contributed by atoms with Crippen LogP contribution in [0.4, 0.5) is 5.95 Å². The minimum atomic E-state index is 0.706. The van der Waals surface area contributed by atoms with E-state index in [4.69, 9.17) is 0 Å². The van der Waals surface area contributed by atoms with Crippen molar-refractivity contribution in [1.82, 2.24) is 15.0 Å². The fourth-order valence-electron chi connectivity index (χ4n) is 1.60. The average molecular weight is 192 g/mol. The second kappa shape index (κ2) is 4.37. The van der Waals surface area contributed by atoms with Crippen LogP contribution in [-0.4, -0.2) is 28.1 Å². The molecular formula is C10H16N4. The van der Waals surface area contributed by atoms with Crippen LogP contribution in [0.25, 0.3) is 0 Å². The number of aryl methyl sites for hydroxylation is 1. The van der Waals surface area contributed by atoms with Crippen molar-refractivity contribution < 1.29 is 0 Å². The van der Waals surface area contributed by atoms with Gasteiger partial charge in [-0.15, -0.1) is 0 Å². The maximum atomic E-state index is 4.21. The molecule has 1 aliphatic rings. The second-order valence-corrected chi connectivity index (χ2v) is 3.74. The van der Waals surface area contributed by atoms with Crippen molar-refractivity contribution in [2.24, 2.45) is 0 Å². The number of hydrazine groups is 1. The van der Waals surface area contributed by atoms with Gasteiger partial charge in [0.05, 0.1) is 0 Å². The van der Waals surface area contributed by atoms with Crippen molar-refractivity contribution >= 4 is 5.95 Å². The van der Waals surface area contributed by atoms with Crippen LogP contribution in [-0.2, 0) is 0 Å². The highest BCUT2D eigenvalue weighted by atomic mass is 15.5. The Kier molecular flexibility index (Phi) is 2.93. The largest absolute Gasteiger partial charge is 0.287 e. The third-order valence-electron chi connectivity index (χ3n) is 2.40. The molecule has 0 amide bonds. The van der Waals surface area contributed by atoms with E-state index in [0.717, 1.165) is 18.7 Å². The molecule has 0 aromatic carbocycles. The van der Waals surface area contributed by atoms with E-state index in [1.807, 2.05) is 19.3 Å². The fourth-order valence-corrected chi connectivity index (χ4v) is 1.60. The number of piperidine rings is 1. The smallest absolute Gasteiger partial charge is 0.237 e. The molecule has 14 heavy (non-hydrogen) atoms. The van der Waals surface area contributed by atoms with Gasteiger partial charge < -0.3 is 0 Å². The third kappa shape index (κ3) is 2.42. The molecule has 0 atom stereocenters. The summed E-state index contributed by atoms with van der Waals surface area (Å²) in [5, 5.41) is 2.19. The Morgan fingerprint density at radius 2 is 1.79 bits per heavy atom. The number of nitrogens with zero attached hydrogens (tertiary/aromatic N) is 3. The van der Waals surface area contributed by atoms with Crippen LogP contribution in [0, 0.1) is 6.92 Å². The second-order valence-electron chi connectivity index (χ2n) is 3.74. The maximum Gasteiger partial charge on any atom is 0.237 e. The van der Waals surface area contributed by atoms with Gasteiger partial charge in [0.15, 0.2) is 0 Å². The molecule has 0 saturated carbocycles. The fraction of sp³-hybridized carbons (Fsp3) is 0.600. The minimum absolute atomic E-state index is 0.706. The van der Waals surface area contributed by atoms with Gasteiger partial charge in [-0.2, -0.15) is 0 Å². The van der Waals surface area contributed by atoms with Gasteiger partial charge in [-0.3, -0.25) is 5.43 Å². The Morgan fingerprint density at radius 1 is 1.14 bits per heavy atom. The zero-order valence-electron chi connectivity index (χ0n) is 8.53. The van der Waals surface area contributed by atoms with Gasteiger partial charge in [0.2, 0.25) is 5.95 Å². The van der Waals surface area contributed by atoms with Crippen LogP contribution < -0.4 is 5.43 Å². The molecule has 0 spiro atoms. The first-order valence-corrected chi connectivity index (χ1v) is 5.15. The monoisotopic (exact) mass is 192 g/mol. The maximum absolute atomic E-state index is 4.21. The molecule has 1 N–H and O–H groups in total. The van der Waals surface area contributed by atoms with Crippen molar-refractivity contribution in [3.05, 3.63) is 18.0 Å². The number of rotatable bonds is 2. The SMILES string of the molecule is Cc1cnc(NN2CCCCC2)nc1. The van der Waals surface area contributed by atoms with E-state index in [2.05, 4.69) is 20.4 Å². The third-order valence-corrected chi connectivity index (χ3v) is 2.40. The molecule has 0 radical (unpaired) electrons. The lowest BCUT2D eigenvalue weighted by Gasteiger charge is -2.26. The van der Waals surface area contributed by atoms with E-state index in [1.165, 1.54) is 19.3 Å². The van der Waals surface area contributed by atoms with Crippen molar-refractivity contribution in [3.8, 4) is 0 Å². The zero-order chi connectivity index (χ0) is 9.80. The van der Waals surface area contributed by atoms with E-state index in [0.29, 0.717) is 5.95 Å². The van der Waals surface area contributed by atoms with Gasteiger partial charge in [-0.1, -0.05) is 6.42 Å². The van der Waals surface area contributed by atoms with Crippen LogP contribution in [0.2, 0.25) is 0 Å². The molecule has 1 aromatic rings. The van der Waals surface area contributed by atoms with Gasteiger partial charge in [-0.05, 0) is 25.3 Å². The van der Waals surface area contributed by atoms with Gasteiger partial charge in [0.25, 0.3) is 0 Å². The first kappa shape index (κ1) is 9.40. The van der Waals surface area contributed by atoms with Gasteiger partial charge in [0.1, 0.15) is 0 Å². The lowest BCUT2D eigenvalue weighted by atomic mass is 10.2. The van der Waals surface area contributed by atoms with Crippen LogP contribution in [0.15, 0.2) is 12.4 Å². The Morgan fingerprint density at radius 3 is 2.43 bits per heavy atom. The summed E-state index contributed by atoms with van der Waals surface area (Å²) in [5.41, 5.74) is 4.31. The van der Waals surface area contributed by atoms with E-state index >= 15 is 0 Å². The summed E-state index contributed by atoms with van der Waals surface area (Å²) < 4.78 is 0. The molecule has 0 bridgehead atoms. The Balaban J connectivity index is 1.92. The number of hydrogen-bond donors (Lipinski definition) is 1. The Bertz CT molecular complexity index is 277. The molecule has 4 nitrogen and oxygen atoms in total. The molecule has 1 saturated heterocycles. The molecule has 4 heteroatoms. The summed E-state index contributed by atoms with van der Waals surface area (Å²) in [5.74, 6) is 0.706. The van der Waals surface area contributed by atoms with E-state index in [9.17, 15) is 0 Å². The quantitative estimate of drug-likeness (QED) is 0.772. The predicted molar refractivity (Wildman–Crippen MR) is 55.8 cm³/mol.